The molecule has 4 aromatic rings. The van der Waals surface area contributed by atoms with Gasteiger partial charge in [-0.15, -0.1) is 0 Å². The first-order chi connectivity index (χ1) is 16.9. The number of allylic oxidation sites excluding steroid dienone is 1. The van der Waals surface area contributed by atoms with Gasteiger partial charge >= 0.3 is 6.03 Å². The Kier molecular flexibility index (Phi) is 6.05. The number of urea groups is 1. The summed E-state index contributed by atoms with van der Waals surface area (Å²) in [6.45, 7) is 2.05. The van der Waals surface area contributed by atoms with E-state index in [1.807, 2.05) is 12.1 Å². The summed E-state index contributed by atoms with van der Waals surface area (Å²) in [5.41, 5.74) is 3.23. The number of carbonyl (C=O) groups is 1. The van der Waals surface area contributed by atoms with Gasteiger partial charge in [-0.3, -0.25) is 4.90 Å². The zero-order valence-electron chi connectivity index (χ0n) is 18.5. The van der Waals surface area contributed by atoms with Crippen molar-refractivity contribution < 1.29 is 18.1 Å². The van der Waals surface area contributed by atoms with Gasteiger partial charge < -0.3 is 9.84 Å². The highest BCUT2D eigenvalue weighted by molar-refractivity contribution is 6.30. The summed E-state index contributed by atoms with van der Waals surface area (Å²) in [4.78, 5) is 19.2. The molecule has 0 fully saturated rings. The van der Waals surface area contributed by atoms with Gasteiger partial charge in [-0.05, 0) is 66.6 Å². The molecule has 1 atom stereocenters. The van der Waals surface area contributed by atoms with Crippen molar-refractivity contribution in [2.75, 3.05) is 0 Å². The maximum Gasteiger partial charge on any atom is 0.322 e. The maximum absolute atomic E-state index is 13.6. The van der Waals surface area contributed by atoms with Crippen molar-refractivity contribution in [3.8, 4) is 11.4 Å². The number of halogens is 3. The van der Waals surface area contributed by atoms with E-state index in [9.17, 15) is 13.6 Å². The highest BCUT2D eigenvalue weighted by atomic mass is 35.5. The van der Waals surface area contributed by atoms with E-state index in [4.69, 9.17) is 16.1 Å². The Hall–Kier alpha value is -4.04. The highest BCUT2D eigenvalue weighted by Crippen LogP contribution is 2.38. The Labute approximate surface area is 204 Å². The lowest BCUT2D eigenvalue weighted by Gasteiger charge is -2.35. The molecule has 35 heavy (non-hydrogen) atoms. The van der Waals surface area contributed by atoms with Gasteiger partial charge in [0, 0.05) is 16.3 Å². The quantitative estimate of drug-likeness (QED) is 0.351. The van der Waals surface area contributed by atoms with Crippen LogP contribution in [0.2, 0.25) is 5.02 Å². The molecular formula is C26H19ClF2N4O2. The molecule has 1 aliphatic heterocycles. The number of benzene rings is 3. The fourth-order valence-corrected chi connectivity index (χ4v) is 4.23. The van der Waals surface area contributed by atoms with E-state index >= 15 is 0 Å². The topological polar surface area (TPSA) is 71.3 Å². The van der Waals surface area contributed by atoms with Crippen LogP contribution in [0.25, 0.3) is 17.0 Å². The maximum atomic E-state index is 13.6. The van der Waals surface area contributed by atoms with E-state index in [2.05, 4.69) is 15.5 Å². The monoisotopic (exact) mass is 492 g/mol. The van der Waals surface area contributed by atoms with Gasteiger partial charge in [-0.2, -0.15) is 4.98 Å². The number of rotatable bonds is 5. The minimum Gasteiger partial charge on any atom is -0.334 e. The van der Waals surface area contributed by atoms with Crippen molar-refractivity contribution >= 4 is 23.2 Å². The minimum absolute atomic E-state index is 0.187. The van der Waals surface area contributed by atoms with Crippen LogP contribution >= 0.6 is 11.6 Å². The largest absolute Gasteiger partial charge is 0.334 e. The van der Waals surface area contributed by atoms with Crippen molar-refractivity contribution in [3.05, 3.63) is 112 Å². The average Bonchev–Trinajstić information content (AvgIpc) is 3.32. The normalized spacial score (nSPS) is 15.9. The fourth-order valence-electron chi connectivity index (χ4n) is 4.02. The lowest BCUT2D eigenvalue weighted by molar-refractivity contribution is 0.203. The number of amides is 2. The van der Waals surface area contributed by atoms with Crippen LogP contribution in [0.3, 0.4) is 0 Å². The second-order valence-electron chi connectivity index (χ2n) is 8.08. The molecule has 0 spiro atoms. The molecule has 0 aliphatic carbocycles. The molecule has 1 N–H and O–H groups in total. The van der Waals surface area contributed by atoms with Gasteiger partial charge in [-0.1, -0.05) is 41.0 Å². The molecule has 0 saturated heterocycles. The van der Waals surface area contributed by atoms with Crippen molar-refractivity contribution in [2.24, 2.45) is 0 Å². The Morgan fingerprint density at radius 1 is 1.03 bits per heavy atom. The van der Waals surface area contributed by atoms with Gasteiger partial charge in [-0.25, -0.2) is 13.6 Å². The Balaban J connectivity index is 1.59. The number of nitrogens with one attached hydrogen (secondary N) is 1. The molecule has 3 aromatic carbocycles. The number of aromatic nitrogens is 2. The molecule has 0 saturated carbocycles. The van der Waals surface area contributed by atoms with Crippen LogP contribution < -0.4 is 5.32 Å². The van der Waals surface area contributed by atoms with Crippen molar-refractivity contribution in [1.29, 1.82) is 0 Å². The summed E-state index contributed by atoms with van der Waals surface area (Å²) < 4.78 is 32.5. The van der Waals surface area contributed by atoms with E-state index in [0.29, 0.717) is 27.4 Å². The first-order valence-corrected chi connectivity index (χ1v) is 11.2. The summed E-state index contributed by atoms with van der Waals surface area (Å²) >= 11 is 6.13. The number of hydrogen-bond donors (Lipinski definition) is 1. The third-order valence-electron chi connectivity index (χ3n) is 5.79. The minimum atomic E-state index is -0.653. The lowest BCUT2D eigenvalue weighted by atomic mass is 9.94. The lowest BCUT2D eigenvalue weighted by Crippen LogP contribution is -2.45. The third kappa shape index (κ3) is 4.65. The second-order valence-corrected chi connectivity index (χ2v) is 8.52. The SMILES string of the molecule is CC1=C(c2nc(-c3ccc(F)cc3)no2)C(c2ccc(F)cc2)NC(=O)N1Cc1cccc(Cl)c1. The van der Waals surface area contributed by atoms with Crippen LogP contribution in [0.5, 0.6) is 0 Å². The third-order valence-corrected chi connectivity index (χ3v) is 6.02. The summed E-state index contributed by atoms with van der Waals surface area (Å²) in [5, 5.41) is 7.59. The van der Waals surface area contributed by atoms with Crippen LogP contribution in [0.1, 0.15) is 30.0 Å². The van der Waals surface area contributed by atoms with Crippen molar-refractivity contribution in [3.63, 3.8) is 0 Å². The van der Waals surface area contributed by atoms with Crippen LogP contribution in [-0.4, -0.2) is 21.1 Å². The zero-order valence-corrected chi connectivity index (χ0v) is 19.3. The molecule has 176 valence electrons. The first kappa shape index (κ1) is 22.7. The van der Waals surface area contributed by atoms with E-state index < -0.39 is 11.9 Å². The fraction of sp³-hybridized carbons (Fsp3) is 0.115. The molecule has 9 heteroatoms. The molecular weight excluding hydrogens is 474 g/mol. The summed E-state index contributed by atoms with van der Waals surface area (Å²) in [6.07, 6.45) is 0. The predicted molar refractivity (Wildman–Crippen MR) is 127 cm³/mol. The summed E-state index contributed by atoms with van der Waals surface area (Å²) in [6, 6.07) is 17.8. The summed E-state index contributed by atoms with van der Waals surface area (Å²) in [7, 11) is 0. The van der Waals surface area contributed by atoms with E-state index in [-0.39, 0.29) is 30.1 Å². The Bertz CT molecular complexity index is 1420. The molecule has 5 rings (SSSR count). The van der Waals surface area contributed by atoms with Crippen molar-refractivity contribution in [1.82, 2.24) is 20.4 Å². The molecule has 2 amide bonds. The van der Waals surface area contributed by atoms with E-state index in [1.54, 1.807) is 48.2 Å². The molecule has 6 nitrogen and oxygen atoms in total. The predicted octanol–water partition coefficient (Wildman–Crippen LogP) is 6.37. The van der Waals surface area contributed by atoms with Gasteiger partial charge in [0.15, 0.2) is 0 Å². The number of nitrogens with zero attached hydrogens (tertiary/aromatic N) is 3. The summed E-state index contributed by atoms with van der Waals surface area (Å²) in [5.74, 6) is -0.306. The molecule has 0 bridgehead atoms. The second kappa shape index (κ2) is 9.31. The number of hydrogen-bond acceptors (Lipinski definition) is 4. The van der Waals surface area contributed by atoms with Gasteiger partial charge in [0.05, 0.1) is 18.2 Å². The standard InChI is InChI=1S/C26H19ClF2N4O2/c1-15-22(25-31-24(32-35-25)18-7-11-21(29)12-8-18)23(17-5-9-20(28)10-6-17)30-26(34)33(15)14-16-3-2-4-19(27)13-16/h2-13,23H,14H2,1H3,(H,30,34). The molecule has 1 aromatic heterocycles. The van der Waals surface area contributed by atoms with E-state index in [1.165, 1.54) is 24.3 Å². The van der Waals surface area contributed by atoms with Crippen LogP contribution in [0.15, 0.2) is 83.0 Å². The van der Waals surface area contributed by atoms with E-state index in [0.717, 1.165) is 5.56 Å². The van der Waals surface area contributed by atoms with Gasteiger partial charge in [0.2, 0.25) is 5.82 Å². The smallest absolute Gasteiger partial charge is 0.322 e. The van der Waals surface area contributed by atoms with Gasteiger partial charge in [0.1, 0.15) is 11.6 Å². The van der Waals surface area contributed by atoms with Crippen molar-refractivity contribution in [2.45, 2.75) is 19.5 Å². The Morgan fingerprint density at radius 3 is 2.40 bits per heavy atom. The molecule has 1 unspecified atom stereocenters. The average molecular weight is 493 g/mol. The van der Waals surface area contributed by atoms with Crippen LogP contribution in [-0.2, 0) is 6.54 Å². The molecule has 1 aliphatic rings. The van der Waals surface area contributed by atoms with Crippen LogP contribution in [0.4, 0.5) is 13.6 Å². The highest BCUT2D eigenvalue weighted by Gasteiger charge is 2.35. The van der Waals surface area contributed by atoms with Gasteiger partial charge in [0.25, 0.3) is 5.89 Å². The molecule has 2 heterocycles. The van der Waals surface area contributed by atoms with Crippen LogP contribution in [0, 0.1) is 11.6 Å². The molecule has 0 radical (unpaired) electrons. The zero-order chi connectivity index (χ0) is 24.5. The Morgan fingerprint density at radius 2 is 1.71 bits per heavy atom. The first-order valence-electron chi connectivity index (χ1n) is 10.8. The number of carbonyl (C=O) groups excluding carboxylic acids is 1.